The van der Waals surface area contributed by atoms with E-state index in [2.05, 4.69) is 15.4 Å². The Morgan fingerprint density at radius 2 is 1.69 bits per heavy atom. The summed E-state index contributed by atoms with van der Waals surface area (Å²) in [6.45, 7) is 11.2. The number of carbonyl (C=O) groups is 2. The molecule has 2 rings (SSSR count). The summed E-state index contributed by atoms with van der Waals surface area (Å²) in [6, 6.07) is 12.9. The Morgan fingerprint density at radius 1 is 1.03 bits per heavy atom. The molecule has 0 saturated carbocycles. The third kappa shape index (κ3) is 9.28. The zero-order chi connectivity index (χ0) is 23.9. The van der Waals surface area contributed by atoms with Crippen molar-refractivity contribution in [3.05, 3.63) is 59.9 Å². The minimum Gasteiger partial charge on any atom is -0.444 e. The van der Waals surface area contributed by atoms with Crippen LogP contribution in [0.4, 0.5) is 14.9 Å². The van der Waals surface area contributed by atoms with E-state index in [9.17, 15) is 14.0 Å². The van der Waals surface area contributed by atoms with Crippen molar-refractivity contribution < 1.29 is 18.7 Å². The molecule has 0 spiro atoms. The van der Waals surface area contributed by atoms with Gasteiger partial charge in [0.05, 0.1) is 5.69 Å². The molecule has 2 amide bonds. The van der Waals surface area contributed by atoms with Gasteiger partial charge < -0.3 is 15.4 Å². The van der Waals surface area contributed by atoms with Crippen molar-refractivity contribution in [1.82, 2.24) is 10.0 Å². The predicted octanol–water partition coefficient (Wildman–Crippen LogP) is 5.30. The largest absolute Gasteiger partial charge is 0.444 e. The number of ether oxygens (including phenoxy) is 1. The highest BCUT2D eigenvalue weighted by molar-refractivity contribution is 7.97. The predicted molar refractivity (Wildman–Crippen MR) is 127 cm³/mol. The van der Waals surface area contributed by atoms with Gasteiger partial charge in [-0.3, -0.25) is 9.52 Å². The number of halogens is 1. The van der Waals surface area contributed by atoms with Gasteiger partial charge in [0.2, 0.25) is 5.91 Å². The van der Waals surface area contributed by atoms with Crippen LogP contribution in [0.1, 0.15) is 47.1 Å². The van der Waals surface area contributed by atoms with Gasteiger partial charge in [-0.1, -0.05) is 30.3 Å². The van der Waals surface area contributed by atoms with Crippen molar-refractivity contribution in [2.45, 2.75) is 70.0 Å². The topological polar surface area (TPSA) is 79.5 Å². The Labute approximate surface area is 193 Å². The van der Waals surface area contributed by atoms with E-state index in [-0.39, 0.29) is 17.6 Å². The molecule has 0 aliphatic carbocycles. The molecular formula is C24H32FN3O3S. The molecule has 2 aromatic carbocycles. The molecule has 0 radical (unpaired) electrons. The summed E-state index contributed by atoms with van der Waals surface area (Å²) < 4.78 is 23.1. The van der Waals surface area contributed by atoms with E-state index in [4.69, 9.17) is 4.74 Å². The summed E-state index contributed by atoms with van der Waals surface area (Å²) in [5.41, 5.74) is 0.0493. The van der Waals surface area contributed by atoms with Crippen LogP contribution in [0.15, 0.2) is 53.4 Å². The Kier molecular flexibility index (Phi) is 8.69. The lowest BCUT2D eigenvalue weighted by Gasteiger charge is -2.23. The van der Waals surface area contributed by atoms with Gasteiger partial charge in [-0.15, -0.1) is 0 Å². The quantitative estimate of drug-likeness (QED) is 0.488. The van der Waals surface area contributed by atoms with Crippen molar-refractivity contribution >= 4 is 29.6 Å². The fourth-order valence-electron chi connectivity index (χ4n) is 2.60. The second-order valence-electron chi connectivity index (χ2n) is 9.47. The van der Waals surface area contributed by atoms with Gasteiger partial charge in [0, 0.05) is 16.9 Å². The Balaban J connectivity index is 2.13. The number of hydrogen-bond donors (Lipinski definition) is 3. The number of carbonyl (C=O) groups excluding carboxylic acids is 2. The third-order valence-electron chi connectivity index (χ3n) is 3.96. The molecule has 0 fully saturated rings. The van der Waals surface area contributed by atoms with Gasteiger partial charge >= 0.3 is 6.09 Å². The van der Waals surface area contributed by atoms with Crippen LogP contribution in [0.5, 0.6) is 0 Å². The van der Waals surface area contributed by atoms with Gasteiger partial charge in [-0.25, -0.2) is 9.18 Å². The maximum absolute atomic E-state index is 14.6. The van der Waals surface area contributed by atoms with Crippen molar-refractivity contribution in [2.24, 2.45) is 0 Å². The van der Waals surface area contributed by atoms with Crippen LogP contribution in [0.25, 0.3) is 0 Å². The lowest BCUT2D eigenvalue weighted by atomic mass is 10.1. The molecule has 0 bridgehead atoms. The number of nitrogens with one attached hydrogen (secondary N) is 3. The second-order valence-corrected chi connectivity index (χ2v) is 10.4. The molecule has 6 nitrogen and oxygen atoms in total. The highest BCUT2D eigenvalue weighted by atomic mass is 32.2. The van der Waals surface area contributed by atoms with Crippen molar-refractivity contribution in [3.63, 3.8) is 0 Å². The SMILES string of the molecule is CC(C)(C)NSc1ccc(NC(=O)C(Cc2ccccc2)NC(=O)OC(C)(C)C)c(F)c1. The summed E-state index contributed by atoms with van der Waals surface area (Å²) in [4.78, 5) is 25.9. The second kappa shape index (κ2) is 10.8. The monoisotopic (exact) mass is 461 g/mol. The van der Waals surface area contributed by atoms with Crippen LogP contribution in [0.3, 0.4) is 0 Å². The van der Waals surface area contributed by atoms with Crippen molar-refractivity contribution in [2.75, 3.05) is 5.32 Å². The summed E-state index contributed by atoms with van der Waals surface area (Å²) >= 11 is 1.31. The smallest absolute Gasteiger partial charge is 0.408 e. The summed E-state index contributed by atoms with van der Waals surface area (Å²) in [6.07, 6.45) is -0.481. The molecule has 32 heavy (non-hydrogen) atoms. The van der Waals surface area contributed by atoms with Gasteiger partial charge in [0.25, 0.3) is 0 Å². The summed E-state index contributed by atoms with van der Waals surface area (Å²) in [5, 5.41) is 5.18. The van der Waals surface area contributed by atoms with Gasteiger partial charge in [-0.05, 0) is 77.3 Å². The van der Waals surface area contributed by atoms with Gasteiger partial charge in [0.15, 0.2) is 0 Å². The molecule has 1 unspecified atom stereocenters. The van der Waals surface area contributed by atoms with Crippen molar-refractivity contribution in [1.29, 1.82) is 0 Å². The first-order chi connectivity index (χ1) is 14.8. The summed E-state index contributed by atoms with van der Waals surface area (Å²) in [7, 11) is 0. The van der Waals surface area contributed by atoms with Crippen LogP contribution in [0, 0.1) is 5.82 Å². The normalized spacial score (nSPS) is 12.7. The first-order valence-electron chi connectivity index (χ1n) is 10.4. The lowest BCUT2D eigenvalue weighted by molar-refractivity contribution is -0.118. The van der Waals surface area contributed by atoms with Gasteiger partial charge in [-0.2, -0.15) is 0 Å². The molecule has 8 heteroatoms. The molecule has 174 valence electrons. The van der Waals surface area contributed by atoms with Crippen LogP contribution in [-0.4, -0.2) is 29.2 Å². The fourth-order valence-corrected chi connectivity index (χ4v) is 3.32. The van der Waals surface area contributed by atoms with Crippen LogP contribution in [-0.2, 0) is 16.0 Å². The minimum absolute atomic E-state index is 0.0409. The Hall–Kier alpha value is -2.58. The average molecular weight is 462 g/mol. The number of amides is 2. The Bertz CT molecular complexity index is 924. The minimum atomic E-state index is -0.941. The number of hydrogen-bond acceptors (Lipinski definition) is 5. The van der Waals surface area contributed by atoms with Crippen LogP contribution in [0.2, 0.25) is 0 Å². The standard InChI is InChI=1S/C24H32FN3O3S/c1-23(2,3)28-32-17-12-13-19(18(25)15-17)26-21(29)20(14-16-10-8-7-9-11-16)27-22(30)31-24(4,5)6/h7-13,15,20,28H,14H2,1-6H3,(H,26,29)(H,27,30). The average Bonchev–Trinajstić information content (AvgIpc) is 2.66. The highest BCUT2D eigenvalue weighted by Crippen LogP contribution is 2.24. The highest BCUT2D eigenvalue weighted by Gasteiger charge is 2.25. The Morgan fingerprint density at radius 3 is 2.25 bits per heavy atom. The van der Waals surface area contributed by atoms with Crippen molar-refractivity contribution in [3.8, 4) is 0 Å². The van der Waals surface area contributed by atoms with E-state index in [1.54, 1.807) is 26.8 Å². The molecule has 0 aromatic heterocycles. The molecule has 2 aromatic rings. The van der Waals surface area contributed by atoms with E-state index in [1.165, 1.54) is 24.1 Å². The molecule has 1 atom stereocenters. The van der Waals surface area contributed by atoms with Crippen LogP contribution < -0.4 is 15.4 Å². The first kappa shape index (κ1) is 25.7. The van der Waals surface area contributed by atoms with E-state index in [0.29, 0.717) is 4.90 Å². The number of alkyl carbamates (subject to hydrolysis) is 1. The summed E-state index contributed by atoms with van der Waals surface area (Å²) in [5.74, 6) is -1.10. The third-order valence-corrected chi connectivity index (χ3v) is 5.17. The van der Waals surface area contributed by atoms with E-state index in [0.717, 1.165) is 5.56 Å². The molecular weight excluding hydrogens is 429 g/mol. The fraction of sp³-hybridized carbons (Fsp3) is 0.417. The molecule has 0 aliphatic heterocycles. The number of rotatable bonds is 7. The number of benzene rings is 2. The zero-order valence-electron chi connectivity index (χ0n) is 19.4. The molecule has 0 heterocycles. The van der Waals surface area contributed by atoms with E-state index in [1.807, 2.05) is 51.1 Å². The van der Waals surface area contributed by atoms with E-state index >= 15 is 0 Å². The number of anilines is 1. The maximum Gasteiger partial charge on any atom is 0.408 e. The van der Waals surface area contributed by atoms with Crippen LogP contribution >= 0.6 is 11.9 Å². The first-order valence-corrected chi connectivity index (χ1v) is 11.2. The lowest BCUT2D eigenvalue weighted by Crippen LogP contribution is -2.47. The maximum atomic E-state index is 14.6. The molecule has 0 saturated heterocycles. The molecule has 0 aliphatic rings. The van der Waals surface area contributed by atoms with E-state index < -0.39 is 29.5 Å². The molecule has 3 N–H and O–H groups in total. The zero-order valence-corrected chi connectivity index (χ0v) is 20.2. The van der Waals surface area contributed by atoms with Gasteiger partial charge in [0.1, 0.15) is 17.5 Å².